The molecule has 1 aliphatic heterocycles. The Morgan fingerprint density at radius 2 is 1.45 bits per heavy atom. The van der Waals surface area contributed by atoms with E-state index in [4.69, 9.17) is 14.2 Å². The van der Waals surface area contributed by atoms with E-state index < -0.39 is 24.3 Å². The lowest BCUT2D eigenvalue weighted by atomic mass is 9.91. The number of nitrogens with one attached hydrogen (secondary N) is 3. The number of esters is 1. The van der Waals surface area contributed by atoms with Gasteiger partial charge in [-0.15, -0.1) is 11.8 Å². The normalized spacial score (nSPS) is 19.3. The Kier molecular flexibility index (Phi) is 12.4. The van der Waals surface area contributed by atoms with Crippen LogP contribution in [0.3, 0.4) is 0 Å². The standard InChI is InChI=1S/C38H41N3O7S/c1-24-34(23-49-32-19-17-30(18-20-32)39-25(2)43)47-37(48-35(24)28-11-9-27(22-42)10-12-28)29-13-15-31(16-14-29)40-38(45)41-33(36(44)46-3)21-26-7-5-4-6-8-26/h4-20,24,33-35,37,42H,21-23H2,1-3H3,(H,39,43)(H2,40,41,45)/t24-,33+,34+,35+,37+/m1/s1. The van der Waals surface area contributed by atoms with Crippen molar-refractivity contribution in [3.63, 3.8) is 0 Å². The summed E-state index contributed by atoms with van der Waals surface area (Å²) >= 11 is 1.66. The van der Waals surface area contributed by atoms with E-state index in [2.05, 4.69) is 22.9 Å². The van der Waals surface area contributed by atoms with Crippen LogP contribution in [0.2, 0.25) is 0 Å². The molecule has 0 spiro atoms. The van der Waals surface area contributed by atoms with E-state index in [1.807, 2.05) is 91.0 Å². The van der Waals surface area contributed by atoms with Crippen LogP contribution in [-0.4, -0.2) is 48.0 Å². The predicted octanol–water partition coefficient (Wildman–Crippen LogP) is 6.63. The molecule has 0 unspecified atom stereocenters. The number of urea groups is 1. The van der Waals surface area contributed by atoms with Gasteiger partial charge in [0.1, 0.15) is 6.04 Å². The summed E-state index contributed by atoms with van der Waals surface area (Å²) in [7, 11) is 1.29. The Hall–Kier alpha value is -4.68. The lowest BCUT2D eigenvalue weighted by Crippen LogP contribution is -2.45. The third kappa shape index (κ3) is 9.93. The molecule has 4 aromatic carbocycles. The molecule has 5 rings (SSSR count). The van der Waals surface area contributed by atoms with Gasteiger partial charge in [0.05, 0.1) is 25.9 Å². The Bertz CT molecular complexity index is 1690. The molecule has 1 heterocycles. The minimum absolute atomic E-state index is 0.00524. The van der Waals surface area contributed by atoms with E-state index >= 15 is 0 Å². The molecule has 1 saturated heterocycles. The molecule has 0 aliphatic carbocycles. The smallest absolute Gasteiger partial charge is 0.328 e. The number of benzene rings is 4. The highest BCUT2D eigenvalue weighted by Gasteiger charge is 2.38. The van der Waals surface area contributed by atoms with E-state index in [9.17, 15) is 19.5 Å². The third-order valence-corrected chi connectivity index (χ3v) is 9.33. The number of carbonyl (C=O) groups is 3. The SMILES string of the molecule is COC(=O)[C@H](Cc1ccccc1)NC(=O)Nc1ccc([C@H]2O[C@@H](CSc3ccc(NC(C)=O)cc3)[C@@H](C)[C@@H](c3ccc(CO)cc3)O2)cc1. The summed E-state index contributed by atoms with van der Waals surface area (Å²) in [4.78, 5) is 37.7. The molecule has 0 aromatic heterocycles. The molecule has 49 heavy (non-hydrogen) atoms. The van der Waals surface area contributed by atoms with Crippen molar-refractivity contribution in [1.29, 1.82) is 0 Å². The summed E-state index contributed by atoms with van der Waals surface area (Å²) in [6, 6.07) is 30.6. The summed E-state index contributed by atoms with van der Waals surface area (Å²) in [5, 5.41) is 17.8. The molecule has 4 aromatic rings. The maximum atomic E-state index is 12.9. The molecule has 3 amide bonds. The van der Waals surface area contributed by atoms with E-state index in [0.29, 0.717) is 17.9 Å². The van der Waals surface area contributed by atoms with Crippen molar-refractivity contribution in [3.05, 3.63) is 125 Å². The van der Waals surface area contributed by atoms with Crippen LogP contribution in [0.5, 0.6) is 0 Å². The Balaban J connectivity index is 1.27. The van der Waals surface area contributed by atoms with Gasteiger partial charge in [0, 0.05) is 46.8 Å². The number of carbonyl (C=O) groups excluding carboxylic acids is 3. The third-order valence-electron chi connectivity index (χ3n) is 8.23. The van der Waals surface area contributed by atoms with Gasteiger partial charge >= 0.3 is 12.0 Å². The van der Waals surface area contributed by atoms with Crippen LogP contribution in [-0.2, 0) is 36.8 Å². The maximum Gasteiger partial charge on any atom is 0.328 e. The number of anilines is 2. The van der Waals surface area contributed by atoms with Crippen LogP contribution in [0, 0.1) is 5.92 Å². The molecule has 11 heteroatoms. The summed E-state index contributed by atoms with van der Waals surface area (Å²) in [5.74, 6) is 0.0127. The van der Waals surface area contributed by atoms with Crippen LogP contribution in [0.15, 0.2) is 108 Å². The first-order chi connectivity index (χ1) is 23.7. The largest absolute Gasteiger partial charge is 0.467 e. The zero-order valence-electron chi connectivity index (χ0n) is 27.6. The highest BCUT2D eigenvalue weighted by Crippen LogP contribution is 2.43. The highest BCUT2D eigenvalue weighted by molar-refractivity contribution is 7.99. The predicted molar refractivity (Wildman–Crippen MR) is 189 cm³/mol. The summed E-state index contributed by atoms with van der Waals surface area (Å²) in [6.45, 7) is 3.55. The topological polar surface area (TPSA) is 135 Å². The van der Waals surface area contributed by atoms with Gasteiger partial charge in [-0.25, -0.2) is 9.59 Å². The number of aliphatic hydroxyl groups excluding tert-OH is 1. The molecular weight excluding hydrogens is 642 g/mol. The van der Waals surface area contributed by atoms with Gasteiger partial charge in [-0.1, -0.05) is 73.7 Å². The van der Waals surface area contributed by atoms with Gasteiger partial charge in [-0.2, -0.15) is 0 Å². The molecule has 10 nitrogen and oxygen atoms in total. The van der Waals surface area contributed by atoms with E-state index in [-0.39, 0.29) is 30.6 Å². The van der Waals surface area contributed by atoms with Gasteiger partial charge < -0.3 is 35.3 Å². The van der Waals surface area contributed by atoms with Gasteiger partial charge in [-0.3, -0.25) is 4.79 Å². The van der Waals surface area contributed by atoms with Crippen LogP contribution in [0.1, 0.15) is 48.5 Å². The lowest BCUT2D eigenvalue weighted by molar-refractivity contribution is -0.268. The molecule has 0 bridgehead atoms. The first-order valence-electron chi connectivity index (χ1n) is 16.0. The highest BCUT2D eigenvalue weighted by atomic mass is 32.2. The number of aliphatic hydroxyl groups is 1. The van der Waals surface area contributed by atoms with Crippen molar-refractivity contribution < 1.29 is 33.7 Å². The fourth-order valence-electron chi connectivity index (χ4n) is 5.56. The van der Waals surface area contributed by atoms with Crippen molar-refractivity contribution in [2.45, 2.75) is 56.3 Å². The molecule has 5 atom stereocenters. The Morgan fingerprint density at radius 3 is 2.08 bits per heavy atom. The number of hydrogen-bond acceptors (Lipinski definition) is 8. The number of thioether (sulfide) groups is 1. The average molecular weight is 684 g/mol. The van der Waals surface area contributed by atoms with Crippen molar-refractivity contribution in [3.8, 4) is 0 Å². The molecule has 4 N–H and O–H groups in total. The Morgan fingerprint density at radius 1 is 0.816 bits per heavy atom. The van der Waals surface area contributed by atoms with Crippen molar-refractivity contribution in [2.75, 3.05) is 23.5 Å². The molecule has 0 radical (unpaired) electrons. The van der Waals surface area contributed by atoms with E-state index in [0.717, 1.165) is 32.8 Å². The number of ether oxygens (including phenoxy) is 3. The lowest BCUT2D eigenvalue weighted by Gasteiger charge is -2.41. The van der Waals surface area contributed by atoms with Crippen LogP contribution < -0.4 is 16.0 Å². The van der Waals surface area contributed by atoms with Crippen molar-refractivity contribution in [1.82, 2.24) is 5.32 Å². The Labute approximate surface area is 290 Å². The maximum absolute atomic E-state index is 12.9. The second-order valence-electron chi connectivity index (χ2n) is 11.8. The second-order valence-corrected chi connectivity index (χ2v) is 12.9. The van der Waals surface area contributed by atoms with Crippen LogP contribution >= 0.6 is 11.8 Å². The van der Waals surface area contributed by atoms with Crippen molar-refractivity contribution >= 4 is 41.0 Å². The minimum Gasteiger partial charge on any atom is -0.467 e. The van der Waals surface area contributed by atoms with Gasteiger partial charge in [-0.05, 0) is 53.1 Å². The number of rotatable bonds is 12. The first-order valence-corrected chi connectivity index (χ1v) is 17.0. The van der Waals surface area contributed by atoms with Gasteiger partial charge in [0.15, 0.2) is 6.29 Å². The second kappa shape index (κ2) is 17.1. The molecule has 256 valence electrons. The fourth-order valence-corrected chi connectivity index (χ4v) is 6.63. The van der Waals surface area contributed by atoms with Crippen LogP contribution in [0.4, 0.5) is 16.2 Å². The summed E-state index contributed by atoms with van der Waals surface area (Å²) in [6.07, 6.45) is -0.836. The molecule has 1 fully saturated rings. The fraction of sp³-hybridized carbons (Fsp3) is 0.289. The number of methoxy groups -OCH3 is 1. The summed E-state index contributed by atoms with van der Waals surface area (Å²) < 4.78 is 18.0. The monoisotopic (exact) mass is 683 g/mol. The minimum atomic E-state index is -0.856. The number of hydrogen-bond donors (Lipinski definition) is 4. The van der Waals surface area contributed by atoms with E-state index in [1.165, 1.54) is 14.0 Å². The van der Waals surface area contributed by atoms with Gasteiger partial charge in [0.2, 0.25) is 5.91 Å². The molecular formula is C38H41N3O7S. The van der Waals surface area contributed by atoms with E-state index in [1.54, 1.807) is 23.9 Å². The van der Waals surface area contributed by atoms with Crippen LogP contribution in [0.25, 0.3) is 0 Å². The number of amides is 3. The average Bonchev–Trinajstić information content (AvgIpc) is 3.12. The summed E-state index contributed by atoms with van der Waals surface area (Å²) in [5.41, 5.74) is 4.74. The first kappa shape index (κ1) is 35.6. The zero-order valence-corrected chi connectivity index (χ0v) is 28.4. The van der Waals surface area contributed by atoms with Gasteiger partial charge in [0.25, 0.3) is 0 Å². The zero-order chi connectivity index (χ0) is 34.8. The van der Waals surface area contributed by atoms with Crippen molar-refractivity contribution in [2.24, 2.45) is 5.92 Å². The quantitative estimate of drug-likeness (QED) is 0.0966. The molecule has 1 aliphatic rings. The molecule has 0 saturated carbocycles.